The van der Waals surface area contributed by atoms with Crippen molar-refractivity contribution >= 4 is 33.9 Å². The van der Waals surface area contributed by atoms with Crippen LogP contribution in [-0.2, 0) is 14.3 Å². The van der Waals surface area contributed by atoms with Crippen LogP contribution in [0.15, 0.2) is 0 Å². The van der Waals surface area contributed by atoms with Gasteiger partial charge in [0.1, 0.15) is 0 Å². The molecule has 0 saturated carbocycles. The molecule has 0 heterocycles. The monoisotopic (exact) mass is 223 g/mol. The van der Waals surface area contributed by atoms with Crippen LogP contribution in [0, 0.1) is 5.41 Å². The number of methoxy groups -OCH3 is 1. The van der Waals surface area contributed by atoms with Crippen molar-refractivity contribution in [3.63, 3.8) is 0 Å². The second-order valence-corrected chi connectivity index (χ2v) is 2.73. The lowest BCUT2D eigenvalue weighted by Crippen LogP contribution is -2.43. The van der Waals surface area contributed by atoms with Crippen molar-refractivity contribution in [1.29, 1.82) is 5.41 Å². The average molecular weight is 224 g/mol. The zero-order valence-corrected chi connectivity index (χ0v) is 7.21. The Hall–Kier alpha value is -0.750. The number of rotatable bonds is 4. The highest BCUT2D eigenvalue weighted by molar-refractivity contribution is 9.10. The van der Waals surface area contributed by atoms with Gasteiger partial charge in [0.15, 0.2) is 0 Å². The Bertz CT molecular complexity index is 205. The third kappa shape index (κ3) is 1.84. The second kappa shape index (κ2) is 3.59. The number of hydrogen-bond donors (Lipinski definition) is 2. The van der Waals surface area contributed by atoms with Gasteiger partial charge in [0.2, 0.25) is 5.78 Å². The Morgan fingerprint density at radius 3 is 2.27 bits per heavy atom. The third-order valence-electron chi connectivity index (χ3n) is 1.00. The summed E-state index contributed by atoms with van der Waals surface area (Å²) in [6, 6.07) is 0. The van der Waals surface area contributed by atoms with E-state index in [9.17, 15) is 9.59 Å². The molecule has 0 rings (SSSR count). The van der Waals surface area contributed by atoms with Crippen molar-refractivity contribution < 1.29 is 19.4 Å². The van der Waals surface area contributed by atoms with Gasteiger partial charge in [-0.3, -0.25) is 4.79 Å². The lowest BCUT2D eigenvalue weighted by atomic mass is 10.2. The van der Waals surface area contributed by atoms with Gasteiger partial charge in [-0.2, -0.15) is 0 Å². The topological polar surface area (TPSA) is 87.5 Å². The van der Waals surface area contributed by atoms with Crippen LogP contribution in [0.25, 0.3) is 0 Å². The van der Waals surface area contributed by atoms with E-state index in [2.05, 4.69) is 20.7 Å². The Morgan fingerprint density at radius 2 is 2.18 bits per heavy atom. The summed E-state index contributed by atoms with van der Waals surface area (Å²) in [4.78, 5) is 21.1. The number of aliphatic carboxylic acids is 1. The number of alkyl halides is 1. The fraction of sp³-hybridized carbons (Fsp3) is 0.400. The highest BCUT2D eigenvalue weighted by Crippen LogP contribution is 2.19. The number of carbonyl (C=O) groups excluding carboxylic acids is 1. The highest BCUT2D eigenvalue weighted by Gasteiger charge is 2.42. The van der Waals surface area contributed by atoms with Crippen LogP contribution in [0.4, 0.5) is 0 Å². The molecule has 0 bridgehead atoms. The molecule has 6 heteroatoms. The van der Waals surface area contributed by atoms with E-state index < -0.39 is 16.3 Å². The first-order chi connectivity index (χ1) is 4.99. The van der Waals surface area contributed by atoms with Crippen LogP contribution >= 0.6 is 15.9 Å². The van der Waals surface area contributed by atoms with Gasteiger partial charge < -0.3 is 15.3 Å². The summed E-state index contributed by atoms with van der Waals surface area (Å²) in [7, 11) is 1.06. The van der Waals surface area contributed by atoms with Crippen molar-refractivity contribution in [2.45, 2.75) is 4.51 Å². The number of carboxylic acid groups (broad SMARTS) is 1. The minimum absolute atomic E-state index is 0.381. The van der Waals surface area contributed by atoms with E-state index >= 15 is 0 Å². The van der Waals surface area contributed by atoms with Gasteiger partial charge in [0, 0.05) is 7.11 Å². The molecule has 2 N–H and O–H groups in total. The van der Waals surface area contributed by atoms with E-state index in [1.54, 1.807) is 0 Å². The Kier molecular flexibility index (Phi) is 3.34. The molecule has 0 amide bonds. The number of ketones is 1. The summed E-state index contributed by atoms with van der Waals surface area (Å²) in [5.74, 6) is -2.44. The fourth-order valence-corrected chi connectivity index (χ4v) is 0.501. The quantitative estimate of drug-likeness (QED) is 0.400. The molecule has 0 spiro atoms. The molecule has 11 heavy (non-hydrogen) atoms. The van der Waals surface area contributed by atoms with Gasteiger partial charge in [-0.1, -0.05) is 0 Å². The summed E-state index contributed by atoms with van der Waals surface area (Å²) in [5, 5.41) is 15.0. The van der Waals surface area contributed by atoms with Crippen LogP contribution < -0.4 is 0 Å². The molecule has 1 atom stereocenters. The first kappa shape index (κ1) is 10.2. The number of nitrogens with one attached hydrogen (secondary N) is 1. The van der Waals surface area contributed by atoms with Gasteiger partial charge in [-0.05, 0) is 15.9 Å². The smallest absolute Gasteiger partial charge is 0.355 e. The number of hydrogen-bond acceptors (Lipinski definition) is 4. The predicted molar refractivity (Wildman–Crippen MR) is 40.1 cm³/mol. The number of carboxylic acids is 1. The normalized spacial score (nSPS) is 15.1. The second-order valence-electron chi connectivity index (χ2n) is 1.61. The molecule has 0 aliphatic rings. The molecular formula is C5H6BrNO4. The number of carbonyl (C=O) groups is 2. The largest absolute Gasteiger partial charge is 0.478 e. The van der Waals surface area contributed by atoms with Crippen molar-refractivity contribution in [1.82, 2.24) is 0 Å². The maximum atomic E-state index is 10.7. The van der Waals surface area contributed by atoms with Crippen molar-refractivity contribution in [2.75, 3.05) is 7.11 Å². The SMILES string of the molecule is COC(Br)(C(=O)O)C(=O)C=N. The van der Waals surface area contributed by atoms with E-state index in [0.717, 1.165) is 7.11 Å². The van der Waals surface area contributed by atoms with E-state index in [-0.39, 0.29) is 0 Å². The molecule has 0 aromatic heterocycles. The van der Waals surface area contributed by atoms with Crippen LogP contribution in [-0.4, -0.2) is 34.7 Å². The van der Waals surface area contributed by atoms with Gasteiger partial charge in [0.05, 0.1) is 6.21 Å². The first-order valence-electron chi connectivity index (χ1n) is 2.51. The van der Waals surface area contributed by atoms with Crippen LogP contribution in [0.3, 0.4) is 0 Å². The Morgan fingerprint density at radius 1 is 1.73 bits per heavy atom. The van der Waals surface area contributed by atoms with Crippen LogP contribution in [0.2, 0.25) is 0 Å². The predicted octanol–water partition coefficient (Wildman–Crippen LogP) is 0.0273. The van der Waals surface area contributed by atoms with E-state index in [0.29, 0.717) is 6.21 Å². The van der Waals surface area contributed by atoms with Crippen molar-refractivity contribution in [3.05, 3.63) is 0 Å². The Balaban J connectivity index is 4.73. The summed E-state index contributed by atoms with van der Waals surface area (Å²) in [5.41, 5.74) is 0. The first-order valence-corrected chi connectivity index (χ1v) is 3.30. The molecule has 0 aliphatic carbocycles. The van der Waals surface area contributed by atoms with E-state index in [4.69, 9.17) is 10.5 Å². The van der Waals surface area contributed by atoms with E-state index in [1.165, 1.54) is 0 Å². The molecule has 1 unspecified atom stereocenters. The number of halogens is 1. The molecule has 0 fully saturated rings. The van der Waals surface area contributed by atoms with Gasteiger partial charge in [0.25, 0.3) is 4.51 Å². The van der Waals surface area contributed by atoms with Crippen LogP contribution in [0.1, 0.15) is 0 Å². The number of Topliss-reactive ketones (excluding diaryl/α,β-unsaturated/α-hetero) is 1. The van der Waals surface area contributed by atoms with E-state index in [1.807, 2.05) is 0 Å². The maximum absolute atomic E-state index is 10.7. The van der Waals surface area contributed by atoms with Crippen molar-refractivity contribution in [3.8, 4) is 0 Å². The third-order valence-corrected chi connectivity index (χ3v) is 2.06. The van der Waals surface area contributed by atoms with Gasteiger partial charge >= 0.3 is 5.97 Å². The molecule has 0 radical (unpaired) electrons. The molecule has 5 nitrogen and oxygen atoms in total. The minimum Gasteiger partial charge on any atom is -0.478 e. The van der Waals surface area contributed by atoms with Gasteiger partial charge in [-0.25, -0.2) is 4.79 Å². The maximum Gasteiger partial charge on any atom is 0.355 e. The van der Waals surface area contributed by atoms with Gasteiger partial charge in [-0.15, -0.1) is 0 Å². The molecule has 0 aromatic rings. The average Bonchev–Trinajstić information content (AvgIpc) is 2.01. The standard InChI is InChI=1S/C5H6BrNO4/c1-11-5(6,4(9)10)3(8)2-7/h2,7H,1H3,(H,9,10). The lowest BCUT2D eigenvalue weighted by Gasteiger charge is -2.15. The summed E-state index contributed by atoms with van der Waals surface area (Å²) < 4.78 is 2.27. The summed E-state index contributed by atoms with van der Waals surface area (Å²) in [6.45, 7) is 0. The molecule has 0 aliphatic heterocycles. The Labute approximate surface area is 71.0 Å². The number of ether oxygens (including phenoxy) is 1. The summed E-state index contributed by atoms with van der Waals surface area (Å²) in [6.07, 6.45) is 0.381. The van der Waals surface area contributed by atoms with Crippen molar-refractivity contribution in [2.24, 2.45) is 0 Å². The zero-order valence-electron chi connectivity index (χ0n) is 5.63. The fourth-order valence-electron chi connectivity index (χ4n) is 0.386. The molecular weight excluding hydrogens is 218 g/mol. The molecule has 0 aromatic carbocycles. The van der Waals surface area contributed by atoms with Crippen LogP contribution in [0.5, 0.6) is 0 Å². The lowest BCUT2D eigenvalue weighted by molar-refractivity contribution is -0.154. The minimum atomic E-state index is -2.10. The molecule has 0 saturated heterocycles. The zero-order chi connectivity index (χ0) is 9.07. The summed E-state index contributed by atoms with van der Waals surface area (Å²) >= 11 is 2.55. The highest BCUT2D eigenvalue weighted by atomic mass is 79.9. The molecule has 62 valence electrons.